The van der Waals surface area contributed by atoms with Crippen molar-refractivity contribution in [3.05, 3.63) is 40.6 Å². The number of aromatic nitrogens is 2. The molecule has 0 radical (unpaired) electrons. The molecule has 7 nitrogen and oxygen atoms in total. The first-order valence-electron chi connectivity index (χ1n) is 9.06. The zero-order valence-corrected chi connectivity index (χ0v) is 16.8. The fourth-order valence-electron chi connectivity index (χ4n) is 3.01. The molecule has 28 heavy (non-hydrogen) atoms. The predicted octanol–water partition coefficient (Wildman–Crippen LogP) is 4.64. The Morgan fingerprint density at radius 1 is 1.18 bits per heavy atom. The normalized spacial score (nSPS) is 13.8. The van der Waals surface area contributed by atoms with E-state index in [-0.39, 0.29) is 5.91 Å². The number of ether oxygens (including phenoxy) is 2. The van der Waals surface area contributed by atoms with Gasteiger partial charge in [-0.15, -0.1) is 11.3 Å². The molecule has 8 heteroatoms. The summed E-state index contributed by atoms with van der Waals surface area (Å²) in [7, 11) is 3.10. The first kappa shape index (κ1) is 18.5. The number of thiophene rings is 1. The number of nitrogens with zero attached hydrogens (tertiary/aromatic N) is 2. The number of aryl methyl sites for hydroxylation is 1. The second-order valence-electron chi connectivity index (χ2n) is 6.72. The Bertz CT molecular complexity index is 985. The minimum Gasteiger partial charge on any atom is -0.497 e. The summed E-state index contributed by atoms with van der Waals surface area (Å²) in [5.41, 5.74) is 1.18. The maximum atomic E-state index is 12.7. The van der Waals surface area contributed by atoms with Crippen LogP contribution in [-0.4, -0.2) is 30.3 Å². The van der Waals surface area contributed by atoms with Crippen LogP contribution in [0.2, 0.25) is 0 Å². The summed E-state index contributed by atoms with van der Waals surface area (Å²) in [6.45, 7) is 1.95. The van der Waals surface area contributed by atoms with Gasteiger partial charge in [0.05, 0.1) is 24.8 Å². The quantitative estimate of drug-likeness (QED) is 0.650. The fourth-order valence-corrected chi connectivity index (χ4v) is 3.91. The van der Waals surface area contributed by atoms with Gasteiger partial charge in [0.2, 0.25) is 11.7 Å². The molecule has 3 aromatic rings. The molecular weight excluding hydrogens is 378 g/mol. The highest BCUT2D eigenvalue weighted by Crippen LogP contribution is 2.38. The van der Waals surface area contributed by atoms with Gasteiger partial charge in [0.1, 0.15) is 11.5 Å². The number of rotatable bonds is 6. The summed E-state index contributed by atoms with van der Waals surface area (Å²) >= 11 is 1.52. The van der Waals surface area contributed by atoms with Crippen LogP contribution in [0.15, 0.2) is 28.8 Å². The number of anilines is 1. The van der Waals surface area contributed by atoms with Crippen molar-refractivity contribution in [2.24, 2.45) is 0 Å². The Labute approximate surface area is 166 Å². The van der Waals surface area contributed by atoms with Gasteiger partial charge in [0, 0.05) is 22.4 Å². The molecular formula is C20H21N3O4S. The molecule has 146 valence electrons. The van der Waals surface area contributed by atoms with Crippen LogP contribution in [-0.2, 0) is 0 Å². The lowest BCUT2D eigenvalue weighted by molar-refractivity contribution is 0.102. The number of nitrogens with one attached hydrogen (secondary N) is 1. The largest absolute Gasteiger partial charge is 0.497 e. The lowest BCUT2D eigenvalue weighted by Crippen LogP contribution is -2.12. The number of amides is 1. The van der Waals surface area contributed by atoms with Crippen molar-refractivity contribution < 1.29 is 18.8 Å². The molecule has 0 spiro atoms. The number of benzene rings is 1. The predicted molar refractivity (Wildman–Crippen MR) is 106 cm³/mol. The Morgan fingerprint density at radius 2 is 1.89 bits per heavy atom. The molecule has 0 unspecified atom stereocenters. The van der Waals surface area contributed by atoms with Gasteiger partial charge in [0.15, 0.2) is 0 Å². The van der Waals surface area contributed by atoms with Crippen molar-refractivity contribution in [2.75, 3.05) is 19.5 Å². The molecule has 1 saturated carbocycles. The molecule has 1 aromatic carbocycles. The summed E-state index contributed by atoms with van der Waals surface area (Å²) in [5, 5.41) is 7.05. The van der Waals surface area contributed by atoms with E-state index in [4.69, 9.17) is 14.0 Å². The molecule has 0 saturated heterocycles. The highest BCUT2D eigenvalue weighted by Gasteiger charge is 2.26. The van der Waals surface area contributed by atoms with Gasteiger partial charge in [-0.25, -0.2) is 0 Å². The minimum absolute atomic E-state index is 0.243. The zero-order chi connectivity index (χ0) is 19.7. The molecule has 0 bridgehead atoms. The molecule has 2 aromatic heterocycles. The van der Waals surface area contributed by atoms with E-state index in [9.17, 15) is 4.79 Å². The second-order valence-corrected chi connectivity index (χ2v) is 7.98. The third-order valence-electron chi connectivity index (χ3n) is 4.90. The lowest BCUT2D eigenvalue weighted by atomic mass is 9.85. The van der Waals surface area contributed by atoms with E-state index in [1.807, 2.05) is 13.0 Å². The number of hydrogen-bond acceptors (Lipinski definition) is 7. The topological polar surface area (TPSA) is 86.5 Å². The standard InChI is InChI=1S/C20H21N3O4S/c1-11-16(21-19(24)13-7-14(25-2)9-15(8-13)26-3)10-17(28-11)18-22-20(27-23-18)12-5-4-6-12/h7-10,12H,4-6H2,1-3H3,(H,21,24). The highest BCUT2D eigenvalue weighted by molar-refractivity contribution is 7.16. The van der Waals surface area contributed by atoms with Crippen LogP contribution in [0, 0.1) is 6.92 Å². The van der Waals surface area contributed by atoms with Crippen LogP contribution in [0.4, 0.5) is 5.69 Å². The Morgan fingerprint density at radius 3 is 2.50 bits per heavy atom. The van der Waals surface area contributed by atoms with Crippen LogP contribution < -0.4 is 14.8 Å². The Kier molecular flexibility index (Phi) is 5.04. The molecule has 1 aliphatic rings. The van der Waals surface area contributed by atoms with Crippen molar-refractivity contribution in [2.45, 2.75) is 32.1 Å². The zero-order valence-electron chi connectivity index (χ0n) is 15.9. The fraction of sp³-hybridized carbons (Fsp3) is 0.350. The van der Waals surface area contributed by atoms with E-state index < -0.39 is 0 Å². The minimum atomic E-state index is -0.243. The van der Waals surface area contributed by atoms with Gasteiger partial charge in [-0.05, 0) is 38.0 Å². The average Bonchev–Trinajstić information content (AvgIpc) is 3.27. The van der Waals surface area contributed by atoms with Gasteiger partial charge in [-0.3, -0.25) is 4.79 Å². The first-order chi connectivity index (χ1) is 13.6. The summed E-state index contributed by atoms with van der Waals surface area (Å²) in [6, 6.07) is 6.94. The van der Waals surface area contributed by atoms with Crippen molar-refractivity contribution in [1.29, 1.82) is 0 Å². The van der Waals surface area contributed by atoms with Crippen LogP contribution in [0.1, 0.15) is 46.3 Å². The maximum Gasteiger partial charge on any atom is 0.255 e. The van der Waals surface area contributed by atoms with Crippen LogP contribution in [0.5, 0.6) is 11.5 Å². The van der Waals surface area contributed by atoms with E-state index in [1.165, 1.54) is 17.8 Å². The molecule has 2 heterocycles. The third kappa shape index (κ3) is 3.60. The lowest BCUT2D eigenvalue weighted by Gasteiger charge is -2.20. The van der Waals surface area contributed by atoms with Crippen molar-refractivity contribution >= 4 is 22.9 Å². The monoisotopic (exact) mass is 399 g/mol. The van der Waals surface area contributed by atoms with E-state index >= 15 is 0 Å². The second kappa shape index (κ2) is 7.63. The van der Waals surface area contributed by atoms with Gasteiger partial charge in [-0.1, -0.05) is 11.6 Å². The smallest absolute Gasteiger partial charge is 0.255 e. The summed E-state index contributed by atoms with van der Waals surface area (Å²) in [4.78, 5) is 19.1. The molecule has 0 aliphatic heterocycles. The summed E-state index contributed by atoms with van der Waals surface area (Å²) in [5.74, 6) is 2.54. The Balaban J connectivity index is 1.54. The summed E-state index contributed by atoms with van der Waals surface area (Å²) in [6.07, 6.45) is 3.43. The van der Waals surface area contributed by atoms with Gasteiger partial charge in [-0.2, -0.15) is 4.98 Å². The van der Waals surface area contributed by atoms with Gasteiger partial charge in [0.25, 0.3) is 5.91 Å². The molecule has 0 atom stereocenters. The molecule has 4 rings (SSSR count). The molecule has 1 N–H and O–H groups in total. The van der Waals surface area contributed by atoms with Crippen molar-refractivity contribution in [3.8, 4) is 22.2 Å². The number of hydrogen-bond donors (Lipinski definition) is 1. The Hall–Kier alpha value is -2.87. The van der Waals surface area contributed by atoms with Gasteiger partial charge < -0.3 is 19.3 Å². The summed E-state index contributed by atoms with van der Waals surface area (Å²) < 4.78 is 15.9. The number of methoxy groups -OCH3 is 2. The first-order valence-corrected chi connectivity index (χ1v) is 9.88. The maximum absolute atomic E-state index is 12.7. The van der Waals surface area contributed by atoms with Crippen LogP contribution in [0.25, 0.3) is 10.7 Å². The van der Waals surface area contributed by atoms with E-state index in [0.29, 0.717) is 34.7 Å². The SMILES string of the molecule is COc1cc(OC)cc(C(=O)Nc2cc(-c3noc(C4CCC4)n3)sc2C)c1. The third-order valence-corrected chi connectivity index (χ3v) is 5.94. The van der Waals surface area contributed by atoms with Crippen molar-refractivity contribution in [1.82, 2.24) is 10.1 Å². The molecule has 1 amide bonds. The van der Waals surface area contributed by atoms with Crippen molar-refractivity contribution in [3.63, 3.8) is 0 Å². The van der Waals surface area contributed by atoms with E-state index in [2.05, 4.69) is 15.5 Å². The highest BCUT2D eigenvalue weighted by atomic mass is 32.1. The number of carbonyl (C=O) groups is 1. The van der Waals surface area contributed by atoms with E-state index in [0.717, 1.165) is 28.3 Å². The van der Waals surface area contributed by atoms with Crippen LogP contribution >= 0.6 is 11.3 Å². The van der Waals surface area contributed by atoms with Gasteiger partial charge >= 0.3 is 0 Å². The molecule has 1 fully saturated rings. The average molecular weight is 399 g/mol. The molecule has 1 aliphatic carbocycles. The number of carbonyl (C=O) groups excluding carboxylic acids is 1. The van der Waals surface area contributed by atoms with E-state index in [1.54, 1.807) is 32.4 Å². The van der Waals surface area contributed by atoms with Crippen LogP contribution in [0.3, 0.4) is 0 Å².